The van der Waals surface area contributed by atoms with E-state index in [9.17, 15) is 9.59 Å². The van der Waals surface area contributed by atoms with Crippen molar-refractivity contribution in [1.29, 1.82) is 0 Å². The Bertz CT molecular complexity index is 543. The molecule has 1 N–H and O–H groups in total. The zero-order valence-electron chi connectivity index (χ0n) is 12.2. The molecule has 1 aliphatic carbocycles. The second kappa shape index (κ2) is 5.48. The maximum absolute atomic E-state index is 12.4. The number of benzene rings is 1. The van der Waals surface area contributed by atoms with Crippen LogP contribution in [-0.4, -0.2) is 50.1 Å². The highest BCUT2D eigenvalue weighted by atomic mass is 16.5. The Balaban J connectivity index is 1.75. The second-order valence-corrected chi connectivity index (χ2v) is 5.69. The molecule has 112 valence electrons. The maximum atomic E-state index is 12.4. The fraction of sp³-hybridized carbons (Fsp3) is 0.500. The molecule has 0 bridgehead atoms. The lowest BCUT2D eigenvalue weighted by atomic mass is 9.95. The van der Waals surface area contributed by atoms with Gasteiger partial charge in [0.15, 0.2) is 0 Å². The van der Waals surface area contributed by atoms with Crippen LogP contribution < -0.4 is 5.32 Å². The summed E-state index contributed by atoms with van der Waals surface area (Å²) in [5, 5.41) is 3.23. The summed E-state index contributed by atoms with van der Waals surface area (Å²) in [4.78, 5) is 26.1. The summed E-state index contributed by atoms with van der Waals surface area (Å²) in [6, 6.07) is 7.42. The SMILES string of the molecule is COC(=O)C1(c2ccc(C(=O)N3CCNCC3)cc2)CC1. The van der Waals surface area contributed by atoms with E-state index in [4.69, 9.17) is 4.74 Å². The molecule has 1 saturated carbocycles. The molecule has 1 aromatic rings. The average molecular weight is 288 g/mol. The van der Waals surface area contributed by atoms with Crippen LogP contribution in [0.1, 0.15) is 28.8 Å². The molecular weight excluding hydrogens is 268 g/mol. The summed E-state index contributed by atoms with van der Waals surface area (Å²) in [5.74, 6) is -0.116. The van der Waals surface area contributed by atoms with Gasteiger partial charge in [0.05, 0.1) is 12.5 Å². The van der Waals surface area contributed by atoms with E-state index in [1.807, 2.05) is 29.2 Å². The minimum Gasteiger partial charge on any atom is -0.468 e. The highest BCUT2D eigenvalue weighted by Gasteiger charge is 2.52. The molecule has 0 unspecified atom stereocenters. The van der Waals surface area contributed by atoms with Gasteiger partial charge >= 0.3 is 5.97 Å². The molecule has 0 atom stereocenters. The summed E-state index contributed by atoms with van der Waals surface area (Å²) in [6.45, 7) is 3.17. The largest absolute Gasteiger partial charge is 0.468 e. The second-order valence-electron chi connectivity index (χ2n) is 5.69. The molecule has 1 aliphatic heterocycles. The van der Waals surface area contributed by atoms with Gasteiger partial charge in [-0.15, -0.1) is 0 Å². The summed E-state index contributed by atoms with van der Waals surface area (Å²) in [5.41, 5.74) is 1.17. The van der Waals surface area contributed by atoms with Gasteiger partial charge in [0, 0.05) is 31.7 Å². The first-order valence-electron chi connectivity index (χ1n) is 7.36. The smallest absolute Gasteiger partial charge is 0.316 e. The molecule has 1 saturated heterocycles. The number of esters is 1. The van der Waals surface area contributed by atoms with Gasteiger partial charge in [-0.05, 0) is 30.5 Å². The first kappa shape index (κ1) is 14.1. The number of rotatable bonds is 3. The molecule has 1 aromatic carbocycles. The zero-order valence-corrected chi connectivity index (χ0v) is 12.2. The topological polar surface area (TPSA) is 58.6 Å². The number of carbonyl (C=O) groups is 2. The molecule has 5 heteroatoms. The van der Waals surface area contributed by atoms with Crippen molar-refractivity contribution >= 4 is 11.9 Å². The Labute approximate surface area is 124 Å². The third-order valence-electron chi connectivity index (χ3n) is 4.41. The minimum absolute atomic E-state index is 0.0611. The van der Waals surface area contributed by atoms with Gasteiger partial charge < -0.3 is 15.0 Å². The van der Waals surface area contributed by atoms with Crippen LogP contribution >= 0.6 is 0 Å². The zero-order chi connectivity index (χ0) is 14.9. The van der Waals surface area contributed by atoms with E-state index in [0.29, 0.717) is 5.56 Å². The normalized spacial score (nSPS) is 20.0. The van der Waals surface area contributed by atoms with Crippen LogP contribution in [0.3, 0.4) is 0 Å². The Hall–Kier alpha value is -1.88. The first-order valence-corrected chi connectivity index (χ1v) is 7.36. The number of hydrogen-bond acceptors (Lipinski definition) is 4. The van der Waals surface area contributed by atoms with Crippen molar-refractivity contribution in [3.63, 3.8) is 0 Å². The molecular formula is C16H20N2O3. The van der Waals surface area contributed by atoms with Crippen LogP contribution in [-0.2, 0) is 14.9 Å². The van der Waals surface area contributed by atoms with Crippen LogP contribution in [0, 0.1) is 0 Å². The third kappa shape index (κ3) is 2.53. The Morgan fingerprint density at radius 1 is 1.14 bits per heavy atom. The lowest BCUT2D eigenvalue weighted by Crippen LogP contribution is -2.46. The van der Waals surface area contributed by atoms with Crippen LogP contribution in [0.4, 0.5) is 0 Å². The van der Waals surface area contributed by atoms with Crippen molar-refractivity contribution < 1.29 is 14.3 Å². The maximum Gasteiger partial charge on any atom is 0.316 e. The van der Waals surface area contributed by atoms with E-state index in [2.05, 4.69) is 5.32 Å². The first-order chi connectivity index (χ1) is 10.2. The molecule has 5 nitrogen and oxygen atoms in total. The van der Waals surface area contributed by atoms with Crippen LogP contribution in [0.15, 0.2) is 24.3 Å². The lowest BCUT2D eigenvalue weighted by Gasteiger charge is -2.27. The van der Waals surface area contributed by atoms with Gasteiger partial charge in [-0.25, -0.2) is 0 Å². The molecule has 1 heterocycles. The van der Waals surface area contributed by atoms with E-state index in [-0.39, 0.29) is 11.9 Å². The standard InChI is InChI=1S/C16H20N2O3/c1-21-15(20)16(6-7-16)13-4-2-12(3-5-13)14(19)18-10-8-17-9-11-18/h2-5,17H,6-11H2,1H3. The Kier molecular flexibility index (Phi) is 3.68. The number of amides is 1. The molecule has 0 aromatic heterocycles. The lowest BCUT2D eigenvalue weighted by molar-refractivity contribution is -0.143. The molecule has 0 radical (unpaired) electrons. The average Bonchev–Trinajstić information content (AvgIpc) is 3.36. The molecule has 2 aliphatic rings. The number of ether oxygens (including phenoxy) is 1. The predicted molar refractivity (Wildman–Crippen MR) is 78.1 cm³/mol. The number of piperazine rings is 1. The van der Waals surface area contributed by atoms with E-state index in [1.54, 1.807) is 0 Å². The molecule has 3 rings (SSSR count). The van der Waals surface area contributed by atoms with Crippen molar-refractivity contribution in [2.24, 2.45) is 0 Å². The van der Waals surface area contributed by atoms with E-state index in [1.165, 1.54) is 7.11 Å². The Morgan fingerprint density at radius 3 is 2.29 bits per heavy atom. The van der Waals surface area contributed by atoms with E-state index in [0.717, 1.165) is 44.6 Å². The molecule has 21 heavy (non-hydrogen) atoms. The Morgan fingerprint density at radius 2 is 1.76 bits per heavy atom. The van der Waals surface area contributed by atoms with Gasteiger partial charge in [-0.1, -0.05) is 12.1 Å². The van der Waals surface area contributed by atoms with E-state index < -0.39 is 5.41 Å². The summed E-state index contributed by atoms with van der Waals surface area (Å²) < 4.78 is 4.88. The van der Waals surface area contributed by atoms with Crippen LogP contribution in [0.25, 0.3) is 0 Å². The van der Waals surface area contributed by atoms with Crippen LogP contribution in [0.2, 0.25) is 0 Å². The van der Waals surface area contributed by atoms with Gasteiger partial charge in [0.2, 0.25) is 0 Å². The highest BCUT2D eigenvalue weighted by Crippen LogP contribution is 2.49. The van der Waals surface area contributed by atoms with Crippen LogP contribution in [0.5, 0.6) is 0 Å². The summed E-state index contributed by atoms with van der Waals surface area (Å²) >= 11 is 0. The fourth-order valence-electron chi connectivity index (χ4n) is 2.91. The number of carbonyl (C=O) groups excluding carboxylic acids is 2. The third-order valence-corrected chi connectivity index (χ3v) is 4.41. The van der Waals surface area contributed by atoms with E-state index >= 15 is 0 Å². The fourth-order valence-corrected chi connectivity index (χ4v) is 2.91. The molecule has 0 spiro atoms. The minimum atomic E-state index is -0.467. The van der Waals surface area contributed by atoms with Gasteiger partial charge in [0.25, 0.3) is 5.91 Å². The monoisotopic (exact) mass is 288 g/mol. The summed E-state index contributed by atoms with van der Waals surface area (Å²) in [6.07, 6.45) is 1.65. The number of methoxy groups -OCH3 is 1. The number of nitrogens with one attached hydrogen (secondary N) is 1. The molecule has 1 amide bonds. The predicted octanol–water partition coefficient (Wildman–Crippen LogP) is 0.937. The summed E-state index contributed by atoms with van der Waals surface area (Å²) in [7, 11) is 1.42. The van der Waals surface area contributed by atoms with Crippen molar-refractivity contribution in [1.82, 2.24) is 10.2 Å². The highest BCUT2D eigenvalue weighted by molar-refractivity contribution is 5.94. The van der Waals surface area contributed by atoms with Crippen molar-refractivity contribution in [2.45, 2.75) is 18.3 Å². The van der Waals surface area contributed by atoms with Crippen molar-refractivity contribution in [2.75, 3.05) is 33.3 Å². The van der Waals surface area contributed by atoms with Crippen molar-refractivity contribution in [3.8, 4) is 0 Å². The van der Waals surface area contributed by atoms with Crippen molar-refractivity contribution in [3.05, 3.63) is 35.4 Å². The van der Waals surface area contributed by atoms with Gasteiger partial charge in [0.1, 0.15) is 0 Å². The van der Waals surface area contributed by atoms with Gasteiger partial charge in [-0.3, -0.25) is 9.59 Å². The number of hydrogen-bond donors (Lipinski definition) is 1. The molecule has 2 fully saturated rings. The quantitative estimate of drug-likeness (QED) is 0.841. The van der Waals surface area contributed by atoms with Gasteiger partial charge in [-0.2, -0.15) is 0 Å². The number of nitrogens with zero attached hydrogens (tertiary/aromatic N) is 1.